The van der Waals surface area contributed by atoms with Crippen LogP contribution in [0.3, 0.4) is 0 Å². The van der Waals surface area contributed by atoms with Gasteiger partial charge in [0.25, 0.3) is 0 Å². The van der Waals surface area contributed by atoms with Gasteiger partial charge in [0.1, 0.15) is 0 Å². The molecule has 2 unspecified atom stereocenters. The van der Waals surface area contributed by atoms with E-state index >= 15 is 0 Å². The molecule has 1 aromatic heterocycles. The van der Waals surface area contributed by atoms with E-state index in [0.29, 0.717) is 5.92 Å². The first-order valence-corrected chi connectivity index (χ1v) is 7.08. The van der Waals surface area contributed by atoms with E-state index in [1.807, 2.05) is 30.9 Å². The van der Waals surface area contributed by atoms with E-state index in [2.05, 4.69) is 40.8 Å². The third kappa shape index (κ3) is 4.18. The van der Waals surface area contributed by atoms with Crippen LogP contribution in [0.5, 0.6) is 0 Å². The zero-order valence-corrected chi connectivity index (χ0v) is 12.2. The zero-order valence-electron chi connectivity index (χ0n) is 12.2. The first-order chi connectivity index (χ1) is 9.69. The van der Waals surface area contributed by atoms with E-state index < -0.39 is 0 Å². The van der Waals surface area contributed by atoms with Crippen molar-refractivity contribution in [3.8, 4) is 0 Å². The zero-order chi connectivity index (χ0) is 14.4. The van der Waals surface area contributed by atoms with Crippen LogP contribution >= 0.6 is 0 Å². The van der Waals surface area contributed by atoms with E-state index in [4.69, 9.17) is 0 Å². The van der Waals surface area contributed by atoms with E-state index in [1.165, 1.54) is 5.56 Å². The smallest absolute Gasteiger partial charge is 0.0946 e. The summed E-state index contributed by atoms with van der Waals surface area (Å²) in [7, 11) is 0. The van der Waals surface area contributed by atoms with Gasteiger partial charge in [-0.1, -0.05) is 31.2 Å². The molecule has 1 heterocycles. The average Bonchev–Trinajstić information content (AvgIpc) is 2.97. The van der Waals surface area contributed by atoms with Crippen LogP contribution in [0.2, 0.25) is 0 Å². The Balaban J connectivity index is 1.83. The SMILES string of the molecule is CC(CNC(C)c1cccc(CO)c1)Cn1ccnc1. The molecule has 0 aliphatic rings. The van der Waals surface area contributed by atoms with Crippen LogP contribution in [0.1, 0.15) is 31.0 Å². The summed E-state index contributed by atoms with van der Waals surface area (Å²) in [5, 5.41) is 12.7. The Hall–Kier alpha value is -1.65. The summed E-state index contributed by atoms with van der Waals surface area (Å²) in [4.78, 5) is 4.06. The number of aliphatic hydroxyl groups is 1. The fourth-order valence-electron chi connectivity index (χ4n) is 2.28. The monoisotopic (exact) mass is 273 g/mol. The minimum absolute atomic E-state index is 0.0948. The number of hydrogen-bond acceptors (Lipinski definition) is 3. The number of hydrogen-bond donors (Lipinski definition) is 2. The van der Waals surface area contributed by atoms with Crippen LogP contribution in [-0.4, -0.2) is 21.2 Å². The lowest BCUT2D eigenvalue weighted by molar-refractivity contribution is 0.281. The van der Waals surface area contributed by atoms with Crippen LogP contribution in [0.25, 0.3) is 0 Å². The predicted octanol–water partition coefficient (Wildman–Crippen LogP) is 2.36. The Morgan fingerprint density at radius 3 is 2.90 bits per heavy atom. The van der Waals surface area contributed by atoms with Crippen molar-refractivity contribution in [3.63, 3.8) is 0 Å². The highest BCUT2D eigenvalue weighted by Gasteiger charge is 2.08. The second kappa shape index (κ2) is 7.22. The molecule has 0 saturated carbocycles. The van der Waals surface area contributed by atoms with Gasteiger partial charge in [-0.15, -0.1) is 0 Å². The Kier molecular flexibility index (Phi) is 5.32. The fraction of sp³-hybridized carbons (Fsp3) is 0.438. The lowest BCUT2D eigenvalue weighted by atomic mass is 10.0. The van der Waals surface area contributed by atoms with Gasteiger partial charge >= 0.3 is 0 Å². The van der Waals surface area contributed by atoms with E-state index in [-0.39, 0.29) is 12.6 Å². The number of nitrogens with zero attached hydrogens (tertiary/aromatic N) is 2. The van der Waals surface area contributed by atoms with E-state index in [1.54, 1.807) is 0 Å². The van der Waals surface area contributed by atoms with Gasteiger partial charge in [0.05, 0.1) is 12.9 Å². The third-order valence-electron chi connectivity index (χ3n) is 3.49. The molecule has 108 valence electrons. The van der Waals surface area contributed by atoms with Crippen molar-refractivity contribution in [2.75, 3.05) is 6.54 Å². The van der Waals surface area contributed by atoms with Crippen LogP contribution < -0.4 is 5.32 Å². The molecule has 2 atom stereocenters. The lowest BCUT2D eigenvalue weighted by Crippen LogP contribution is -2.26. The maximum atomic E-state index is 9.18. The quantitative estimate of drug-likeness (QED) is 0.814. The van der Waals surface area contributed by atoms with Crippen molar-refractivity contribution in [3.05, 3.63) is 54.1 Å². The summed E-state index contributed by atoms with van der Waals surface area (Å²) in [6.45, 7) is 6.39. The van der Waals surface area contributed by atoms with E-state index in [0.717, 1.165) is 18.7 Å². The van der Waals surface area contributed by atoms with Gasteiger partial charge in [-0.3, -0.25) is 0 Å². The highest BCUT2D eigenvalue weighted by molar-refractivity contribution is 5.25. The molecule has 2 N–H and O–H groups in total. The van der Waals surface area contributed by atoms with E-state index in [9.17, 15) is 5.11 Å². The molecule has 0 saturated heterocycles. The van der Waals surface area contributed by atoms with Gasteiger partial charge in [-0.25, -0.2) is 4.98 Å². The molecule has 20 heavy (non-hydrogen) atoms. The fourth-order valence-corrected chi connectivity index (χ4v) is 2.28. The standard InChI is InChI=1S/C16H23N3O/c1-13(10-19-7-6-17-12-19)9-18-14(2)16-5-3-4-15(8-16)11-20/h3-8,12-14,18,20H,9-11H2,1-2H3. The first-order valence-electron chi connectivity index (χ1n) is 7.08. The van der Waals surface area contributed by atoms with Gasteiger partial charge in [0.15, 0.2) is 0 Å². The van der Waals surface area contributed by atoms with Crippen molar-refractivity contribution in [2.24, 2.45) is 5.92 Å². The van der Waals surface area contributed by atoms with Gasteiger partial charge in [-0.05, 0) is 30.5 Å². The summed E-state index contributed by atoms with van der Waals surface area (Å²) >= 11 is 0. The lowest BCUT2D eigenvalue weighted by Gasteiger charge is -2.19. The molecule has 1 aromatic carbocycles. The Morgan fingerprint density at radius 1 is 1.35 bits per heavy atom. The normalized spacial score (nSPS) is 14.2. The molecule has 2 aromatic rings. The van der Waals surface area contributed by atoms with Gasteiger partial charge < -0.3 is 15.0 Å². The minimum Gasteiger partial charge on any atom is -0.392 e. The molecule has 0 spiro atoms. The van der Waals surface area contributed by atoms with Crippen LogP contribution in [0.4, 0.5) is 0 Å². The first kappa shape index (κ1) is 14.8. The topological polar surface area (TPSA) is 50.1 Å². The number of benzene rings is 1. The average molecular weight is 273 g/mol. The Bertz CT molecular complexity index is 510. The molecule has 0 bridgehead atoms. The van der Waals surface area contributed by atoms with Gasteiger partial charge in [-0.2, -0.15) is 0 Å². The van der Waals surface area contributed by atoms with Crippen molar-refractivity contribution in [1.82, 2.24) is 14.9 Å². The molecule has 0 radical (unpaired) electrons. The van der Waals surface area contributed by atoms with Crippen molar-refractivity contribution in [1.29, 1.82) is 0 Å². The molecule has 0 fully saturated rings. The Labute approximate surface area is 120 Å². The molecular weight excluding hydrogens is 250 g/mol. The Morgan fingerprint density at radius 2 is 2.20 bits per heavy atom. The van der Waals surface area contributed by atoms with Crippen molar-refractivity contribution < 1.29 is 5.11 Å². The van der Waals surface area contributed by atoms with Crippen molar-refractivity contribution >= 4 is 0 Å². The molecular formula is C16H23N3O. The summed E-state index contributed by atoms with van der Waals surface area (Å²) in [5.74, 6) is 0.535. The number of rotatable bonds is 7. The molecule has 2 rings (SSSR count). The summed E-state index contributed by atoms with van der Waals surface area (Å²) in [6, 6.07) is 8.37. The minimum atomic E-state index is 0.0948. The number of aliphatic hydroxyl groups excluding tert-OH is 1. The number of imidazole rings is 1. The van der Waals surface area contributed by atoms with Gasteiger partial charge in [0, 0.05) is 25.0 Å². The molecule has 4 nitrogen and oxygen atoms in total. The molecule has 0 aliphatic carbocycles. The largest absolute Gasteiger partial charge is 0.392 e. The second-order valence-electron chi connectivity index (χ2n) is 5.40. The molecule has 0 amide bonds. The molecule has 4 heteroatoms. The second-order valence-corrected chi connectivity index (χ2v) is 5.40. The number of nitrogens with one attached hydrogen (secondary N) is 1. The summed E-state index contributed by atoms with van der Waals surface area (Å²) < 4.78 is 2.10. The van der Waals surface area contributed by atoms with Gasteiger partial charge in [0.2, 0.25) is 0 Å². The maximum Gasteiger partial charge on any atom is 0.0946 e. The maximum absolute atomic E-state index is 9.18. The highest BCUT2D eigenvalue weighted by atomic mass is 16.3. The number of aromatic nitrogens is 2. The summed E-state index contributed by atoms with van der Waals surface area (Å²) in [6.07, 6.45) is 5.65. The summed E-state index contributed by atoms with van der Waals surface area (Å²) in [5.41, 5.74) is 2.17. The molecule has 0 aliphatic heterocycles. The van der Waals surface area contributed by atoms with Crippen LogP contribution in [0, 0.1) is 5.92 Å². The van der Waals surface area contributed by atoms with Crippen LogP contribution in [-0.2, 0) is 13.2 Å². The predicted molar refractivity (Wildman–Crippen MR) is 80.2 cm³/mol. The third-order valence-corrected chi connectivity index (χ3v) is 3.49. The highest BCUT2D eigenvalue weighted by Crippen LogP contribution is 2.14. The van der Waals surface area contributed by atoms with Crippen molar-refractivity contribution in [2.45, 2.75) is 33.0 Å². The van der Waals surface area contributed by atoms with Crippen LogP contribution in [0.15, 0.2) is 43.0 Å².